The van der Waals surface area contributed by atoms with E-state index in [4.69, 9.17) is 4.74 Å². The molecule has 1 heterocycles. The predicted octanol–water partition coefficient (Wildman–Crippen LogP) is 2.41. The first kappa shape index (κ1) is 13.5. The summed E-state index contributed by atoms with van der Waals surface area (Å²) in [5.74, 6) is 0.579. The Labute approximate surface area is 113 Å². The highest BCUT2D eigenvalue weighted by atomic mass is 16.5. The fourth-order valence-electron chi connectivity index (χ4n) is 2.16. The molecule has 19 heavy (non-hydrogen) atoms. The van der Waals surface area contributed by atoms with Gasteiger partial charge in [0.1, 0.15) is 6.33 Å². The van der Waals surface area contributed by atoms with Crippen LogP contribution in [-0.4, -0.2) is 24.1 Å². The number of aryl methyl sites for hydroxylation is 2. The Hall–Kier alpha value is -1.94. The maximum atomic E-state index is 5.16. The SMILES string of the molecule is CNC(c1cc(OC)ncn1)c1cc(C)ccc1C. The summed E-state index contributed by atoms with van der Waals surface area (Å²) in [6.07, 6.45) is 1.53. The van der Waals surface area contributed by atoms with Gasteiger partial charge in [0.15, 0.2) is 0 Å². The third-order valence-electron chi connectivity index (χ3n) is 3.20. The number of rotatable bonds is 4. The average Bonchev–Trinajstić information content (AvgIpc) is 2.44. The molecule has 0 bridgehead atoms. The summed E-state index contributed by atoms with van der Waals surface area (Å²) in [5, 5.41) is 3.31. The molecule has 0 saturated heterocycles. The zero-order chi connectivity index (χ0) is 13.8. The fourth-order valence-corrected chi connectivity index (χ4v) is 2.16. The van der Waals surface area contributed by atoms with Gasteiger partial charge in [-0.2, -0.15) is 0 Å². The Morgan fingerprint density at radius 3 is 2.63 bits per heavy atom. The number of nitrogens with zero attached hydrogens (tertiary/aromatic N) is 2. The summed E-state index contributed by atoms with van der Waals surface area (Å²) in [6, 6.07) is 8.34. The van der Waals surface area contributed by atoms with Crippen LogP contribution in [0.2, 0.25) is 0 Å². The molecule has 0 saturated carbocycles. The van der Waals surface area contributed by atoms with Crippen molar-refractivity contribution in [2.75, 3.05) is 14.2 Å². The molecule has 4 heteroatoms. The predicted molar refractivity (Wildman–Crippen MR) is 75.4 cm³/mol. The molecule has 0 aliphatic rings. The van der Waals surface area contributed by atoms with Gasteiger partial charge in [-0.3, -0.25) is 0 Å². The lowest BCUT2D eigenvalue weighted by molar-refractivity contribution is 0.395. The van der Waals surface area contributed by atoms with E-state index in [9.17, 15) is 0 Å². The topological polar surface area (TPSA) is 47.0 Å². The van der Waals surface area contributed by atoms with Crippen molar-refractivity contribution in [2.45, 2.75) is 19.9 Å². The highest BCUT2D eigenvalue weighted by Gasteiger charge is 2.16. The number of aromatic nitrogens is 2. The van der Waals surface area contributed by atoms with Crippen LogP contribution >= 0.6 is 0 Å². The number of hydrogen-bond donors (Lipinski definition) is 1. The minimum atomic E-state index is 0.0387. The molecule has 0 radical (unpaired) electrons. The Morgan fingerprint density at radius 2 is 1.95 bits per heavy atom. The van der Waals surface area contributed by atoms with Gasteiger partial charge in [-0.15, -0.1) is 0 Å². The van der Waals surface area contributed by atoms with Gasteiger partial charge in [0, 0.05) is 6.07 Å². The van der Waals surface area contributed by atoms with Crippen molar-refractivity contribution in [3.8, 4) is 5.88 Å². The molecule has 100 valence electrons. The molecular formula is C15H19N3O. The highest BCUT2D eigenvalue weighted by molar-refractivity contribution is 5.37. The van der Waals surface area contributed by atoms with Gasteiger partial charge in [0.2, 0.25) is 5.88 Å². The second kappa shape index (κ2) is 5.80. The summed E-state index contributed by atoms with van der Waals surface area (Å²) < 4.78 is 5.16. The monoisotopic (exact) mass is 257 g/mol. The third-order valence-corrected chi connectivity index (χ3v) is 3.20. The quantitative estimate of drug-likeness (QED) is 0.913. The second-order valence-electron chi connectivity index (χ2n) is 4.57. The maximum absolute atomic E-state index is 5.16. The van der Waals surface area contributed by atoms with Crippen LogP contribution in [0.1, 0.15) is 28.4 Å². The molecule has 1 atom stereocenters. The van der Waals surface area contributed by atoms with Crippen molar-refractivity contribution in [1.29, 1.82) is 0 Å². The third kappa shape index (κ3) is 2.90. The zero-order valence-electron chi connectivity index (χ0n) is 11.8. The summed E-state index contributed by atoms with van der Waals surface area (Å²) in [7, 11) is 3.54. The molecule has 0 aliphatic carbocycles. The van der Waals surface area contributed by atoms with E-state index in [1.165, 1.54) is 23.0 Å². The number of nitrogens with one attached hydrogen (secondary N) is 1. The number of ether oxygens (including phenoxy) is 1. The Morgan fingerprint density at radius 1 is 1.16 bits per heavy atom. The first-order valence-electron chi connectivity index (χ1n) is 6.26. The van der Waals surface area contributed by atoms with E-state index in [1.54, 1.807) is 7.11 Å². The molecule has 0 fully saturated rings. The van der Waals surface area contributed by atoms with Crippen molar-refractivity contribution in [3.63, 3.8) is 0 Å². The fraction of sp³-hybridized carbons (Fsp3) is 0.333. The molecule has 0 aliphatic heterocycles. The molecule has 2 aromatic rings. The van der Waals surface area contributed by atoms with Gasteiger partial charge in [0.25, 0.3) is 0 Å². The standard InChI is InChI=1S/C15H19N3O/c1-10-5-6-11(2)12(7-10)15(16-3)13-8-14(19-4)18-9-17-13/h5-9,15-16H,1-4H3. The van der Waals surface area contributed by atoms with E-state index in [0.717, 1.165) is 5.69 Å². The lowest BCUT2D eigenvalue weighted by Gasteiger charge is -2.19. The normalized spacial score (nSPS) is 12.2. The highest BCUT2D eigenvalue weighted by Crippen LogP contribution is 2.25. The van der Waals surface area contributed by atoms with Crippen LogP contribution in [0.5, 0.6) is 5.88 Å². The molecule has 4 nitrogen and oxygen atoms in total. The van der Waals surface area contributed by atoms with Crippen LogP contribution in [-0.2, 0) is 0 Å². The van der Waals surface area contributed by atoms with Crippen molar-refractivity contribution < 1.29 is 4.74 Å². The van der Waals surface area contributed by atoms with Gasteiger partial charge in [-0.1, -0.05) is 23.8 Å². The number of hydrogen-bond acceptors (Lipinski definition) is 4. The Kier molecular flexibility index (Phi) is 4.12. The average molecular weight is 257 g/mol. The molecule has 1 unspecified atom stereocenters. The van der Waals surface area contributed by atoms with Gasteiger partial charge < -0.3 is 10.1 Å². The molecular weight excluding hydrogens is 238 g/mol. The summed E-state index contributed by atoms with van der Waals surface area (Å²) in [6.45, 7) is 4.20. The molecule has 1 aromatic heterocycles. The maximum Gasteiger partial charge on any atom is 0.216 e. The summed E-state index contributed by atoms with van der Waals surface area (Å²) in [5.41, 5.74) is 4.61. The van der Waals surface area contributed by atoms with Gasteiger partial charge in [-0.05, 0) is 32.0 Å². The first-order chi connectivity index (χ1) is 9.15. The molecule has 1 aromatic carbocycles. The second-order valence-corrected chi connectivity index (χ2v) is 4.57. The van der Waals surface area contributed by atoms with Crippen LogP contribution in [0.15, 0.2) is 30.6 Å². The van der Waals surface area contributed by atoms with E-state index in [2.05, 4.69) is 47.3 Å². The van der Waals surface area contributed by atoms with E-state index in [0.29, 0.717) is 5.88 Å². The van der Waals surface area contributed by atoms with Crippen LogP contribution < -0.4 is 10.1 Å². The van der Waals surface area contributed by atoms with E-state index >= 15 is 0 Å². The van der Waals surface area contributed by atoms with E-state index < -0.39 is 0 Å². The largest absolute Gasteiger partial charge is 0.481 e. The van der Waals surface area contributed by atoms with Crippen molar-refractivity contribution >= 4 is 0 Å². The zero-order valence-corrected chi connectivity index (χ0v) is 11.8. The van der Waals surface area contributed by atoms with Gasteiger partial charge >= 0.3 is 0 Å². The molecule has 0 spiro atoms. The van der Waals surface area contributed by atoms with Gasteiger partial charge in [0.05, 0.1) is 18.8 Å². The van der Waals surface area contributed by atoms with Crippen LogP contribution in [0.25, 0.3) is 0 Å². The summed E-state index contributed by atoms with van der Waals surface area (Å²) in [4.78, 5) is 8.40. The molecule has 1 N–H and O–H groups in total. The lowest BCUT2D eigenvalue weighted by Crippen LogP contribution is -2.20. The first-order valence-corrected chi connectivity index (χ1v) is 6.26. The summed E-state index contributed by atoms with van der Waals surface area (Å²) >= 11 is 0. The minimum absolute atomic E-state index is 0.0387. The minimum Gasteiger partial charge on any atom is -0.481 e. The molecule has 0 amide bonds. The van der Waals surface area contributed by atoms with Crippen LogP contribution in [0.4, 0.5) is 0 Å². The Bertz CT molecular complexity index is 569. The molecule has 2 rings (SSSR count). The number of methoxy groups -OCH3 is 1. The van der Waals surface area contributed by atoms with Crippen molar-refractivity contribution in [1.82, 2.24) is 15.3 Å². The van der Waals surface area contributed by atoms with Crippen LogP contribution in [0.3, 0.4) is 0 Å². The van der Waals surface area contributed by atoms with Gasteiger partial charge in [-0.25, -0.2) is 9.97 Å². The van der Waals surface area contributed by atoms with Crippen molar-refractivity contribution in [2.24, 2.45) is 0 Å². The van der Waals surface area contributed by atoms with Crippen LogP contribution in [0, 0.1) is 13.8 Å². The smallest absolute Gasteiger partial charge is 0.216 e. The van der Waals surface area contributed by atoms with E-state index in [-0.39, 0.29) is 6.04 Å². The van der Waals surface area contributed by atoms with E-state index in [1.807, 2.05) is 13.1 Å². The van der Waals surface area contributed by atoms with Crippen molar-refractivity contribution in [3.05, 3.63) is 53.0 Å². The lowest BCUT2D eigenvalue weighted by atomic mass is 9.96. The number of benzene rings is 1. The Balaban J connectivity index is 2.46.